The summed E-state index contributed by atoms with van der Waals surface area (Å²) in [5, 5.41) is 8.00. The van der Waals surface area contributed by atoms with E-state index in [0.717, 1.165) is 19.4 Å². The molecule has 0 aliphatic carbocycles. The average Bonchev–Trinajstić information content (AvgIpc) is 2.82. The SMILES string of the molecule is CCNC(CCc1ccccc1C)c1cscc1Br. The molecule has 0 saturated heterocycles. The first kappa shape index (κ1) is 14.8. The van der Waals surface area contributed by atoms with Gasteiger partial charge in [-0.15, -0.1) is 0 Å². The molecule has 0 aliphatic rings. The minimum atomic E-state index is 0.435. The van der Waals surface area contributed by atoms with E-state index in [9.17, 15) is 0 Å². The molecule has 0 spiro atoms. The van der Waals surface area contributed by atoms with Crippen LogP contribution in [0.4, 0.5) is 0 Å². The monoisotopic (exact) mass is 337 g/mol. The van der Waals surface area contributed by atoms with Crippen molar-refractivity contribution in [2.45, 2.75) is 32.7 Å². The summed E-state index contributed by atoms with van der Waals surface area (Å²) >= 11 is 5.41. The van der Waals surface area contributed by atoms with Gasteiger partial charge in [0.25, 0.3) is 0 Å². The molecule has 19 heavy (non-hydrogen) atoms. The van der Waals surface area contributed by atoms with Crippen molar-refractivity contribution in [2.24, 2.45) is 0 Å². The van der Waals surface area contributed by atoms with Gasteiger partial charge >= 0.3 is 0 Å². The van der Waals surface area contributed by atoms with Gasteiger partial charge in [0.05, 0.1) is 0 Å². The Bertz CT molecular complexity index is 521. The molecule has 0 radical (unpaired) electrons. The van der Waals surface area contributed by atoms with Gasteiger partial charge in [0, 0.05) is 15.9 Å². The van der Waals surface area contributed by atoms with Gasteiger partial charge in [0.1, 0.15) is 0 Å². The van der Waals surface area contributed by atoms with Crippen molar-refractivity contribution in [3.05, 3.63) is 56.2 Å². The zero-order chi connectivity index (χ0) is 13.7. The van der Waals surface area contributed by atoms with E-state index in [4.69, 9.17) is 0 Å². The first-order valence-corrected chi connectivity index (χ1v) is 8.45. The van der Waals surface area contributed by atoms with Crippen molar-refractivity contribution < 1.29 is 0 Å². The third-order valence-electron chi connectivity index (χ3n) is 3.43. The molecule has 1 aromatic carbocycles. The number of halogens is 1. The number of nitrogens with one attached hydrogen (secondary N) is 1. The summed E-state index contributed by atoms with van der Waals surface area (Å²) in [5.41, 5.74) is 4.24. The molecule has 0 saturated carbocycles. The molecule has 1 aromatic heterocycles. The molecule has 0 bridgehead atoms. The van der Waals surface area contributed by atoms with E-state index in [0.29, 0.717) is 6.04 Å². The molecular weight excluding hydrogens is 318 g/mol. The Hall–Kier alpha value is -0.640. The number of thiophene rings is 1. The highest BCUT2D eigenvalue weighted by molar-refractivity contribution is 9.10. The van der Waals surface area contributed by atoms with Crippen LogP contribution in [0.2, 0.25) is 0 Å². The van der Waals surface area contributed by atoms with Crippen molar-refractivity contribution in [1.82, 2.24) is 5.32 Å². The first-order chi connectivity index (χ1) is 9.22. The van der Waals surface area contributed by atoms with Crippen LogP contribution in [0.3, 0.4) is 0 Å². The van der Waals surface area contributed by atoms with Crippen molar-refractivity contribution >= 4 is 27.3 Å². The summed E-state index contributed by atoms with van der Waals surface area (Å²) in [6, 6.07) is 9.10. The van der Waals surface area contributed by atoms with Gasteiger partial charge in [-0.25, -0.2) is 0 Å². The van der Waals surface area contributed by atoms with E-state index < -0.39 is 0 Å². The Kier molecular flexibility index (Phi) is 5.61. The molecule has 0 fully saturated rings. The molecule has 0 aliphatic heterocycles. The normalized spacial score (nSPS) is 12.6. The van der Waals surface area contributed by atoms with E-state index in [1.54, 1.807) is 11.3 Å². The van der Waals surface area contributed by atoms with E-state index in [2.05, 4.69) is 70.1 Å². The molecule has 2 rings (SSSR count). The third-order valence-corrected chi connectivity index (χ3v) is 5.18. The maximum atomic E-state index is 3.65. The van der Waals surface area contributed by atoms with Crippen molar-refractivity contribution in [2.75, 3.05) is 6.54 Å². The molecule has 2 aromatic rings. The standard InChI is InChI=1S/C16H20BrNS/c1-3-18-16(14-10-19-11-15(14)17)9-8-13-7-5-4-6-12(13)2/h4-7,10-11,16,18H,3,8-9H2,1-2H3. The predicted molar refractivity (Wildman–Crippen MR) is 87.9 cm³/mol. The second-order valence-corrected chi connectivity index (χ2v) is 6.35. The van der Waals surface area contributed by atoms with E-state index in [-0.39, 0.29) is 0 Å². The van der Waals surface area contributed by atoms with E-state index in [1.807, 2.05) is 0 Å². The maximum Gasteiger partial charge on any atom is 0.0342 e. The summed E-state index contributed by atoms with van der Waals surface area (Å²) < 4.78 is 1.23. The van der Waals surface area contributed by atoms with Crippen molar-refractivity contribution in [1.29, 1.82) is 0 Å². The van der Waals surface area contributed by atoms with Crippen LogP contribution in [-0.2, 0) is 6.42 Å². The number of aryl methyl sites for hydroxylation is 2. The fraction of sp³-hybridized carbons (Fsp3) is 0.375. The fourth-order valence-electron chi connectivity index (χ4n) is 2.34. The van der Waals surface area contributed by atoms with Crippen LogP contribution >= 0.6 is 27.3 Å². The summed E-state index contributed by atoms with van der Waals surface area (Å²) in [6.07, 6.45) is 2.25. The Morgan fingerprint density at radius 1 is 1.26 bits per heavy atom. The Morgan fingerprint density at radius 3 is 2.68 bits per heavy atom. The Morgan fingerprint density at radius 2 is 2.05 bits per heavy atom. The summed E-state index contributed by atoms with van der Waals surface area (Å²) in [4.78, 5) is 0. The van der Waals surface area contributed by atoms with Gasteiger partial charge in [-0.05, 0) is 64.3 Å². The molecule has 1 N–H and O–H groups in total. The highest BCUT2D eigenvalue weighted by Gasteiger charge is 2.14. The molecule has 102 valence electrons. The van der Waals surface area contributed by atoms with Crippen molar-refractivity contribution in [3.8, 4) is 0 Å². The largest absolute Gasteiger partial charge is 0.310 e. The van der Waals surface area contributed by atoms with Crippen LogP contribution in [0.15, 0.2) is 39.5 Å². The summed E-state index contributed by atoms with van der Waals surface area (Å²) in [5.74, 6) is 0. The molecular formula is C16H20BrNS. The van der Waals surface area contributed by atoms with Crippen molar-refractivity contribution in [3.63, 3.8) is 0 Å². The summed E-state index contributed by atoms with van der Waals surface area (Å²) in [6.45, 7) is 5.36. The zero-order valence-corrected chi connectivity index (χ0v) is 13.9. The quantitative estimate of drug-likeness (QED) is 0.772. The van der Waals surface area contributed by atoms with E-state index in [1.165, 1.54) is 21.2 Å². The van der Waals surface area contributed by atoms with Gasteiger partial charge in [0.2, 0.25) is 0 Å². The molecule has 1 unspecified atom stereocenters. The average molecular weight is 338 g/mol. The number of rotatable bonds is 6. The van der Waals surface area contributed by atoms with Crippen LogP contribution in [0.25, 0.3) is 0 Å². The Balaban J connectivity index is 2.06. The smallest absolute Gasteiger partial charge is 0.0342 e. The number of benzene rings is 1. The van der Waals surface area contributed by atoms with Crippen LogP contribution in [0, 0.1) is 6.92 Å². The van der Waals surface area contributed by atoms with E-state index >= 15 is 0 Å². The van der Waals surface area contributed by atoms with Gasteiger partial charge in [-0.2, -0.15) is 11.3 Å². The predicted octanol–water partition coefficient (Wildman–Crippen LogP) is 5.10. The molecule has 1 heterocycles. The first-order valence-electron chi connectivity index (χ1n) is 6.71. The van der Waals surface area contributed by atoms with Gasteiger partial charge in [0.15, 0.2) is 0 Å². The highest BCUT2D eigenvalue weighted by atomic mass is 79.9. The lowest BCUT2D eigenvalue weighted by atomic mass is 9.98. The second-order valence-electron chi connectivity index (χ2n) is 4.75. The molecule has 0 amide bonds. The van der Waals surface area contributed by atoms with Crippen LogP contribution in [0.1, 0.15) is 36.1 Å². The topological polar surface area (TPSA) is 12.0 Å². The van der Waals surface area contributed by atoms with Gasteiger partial charge in [-0.1, -0.05) is 31.2 Å². The minimum absolute atomic E-state index is 0.435. The number of hydrogen-bond donors (Lipinski definition) is 1. The van der Waals surface area contributed by atoms with Crippen LogP contribution < -0.4 is 5.32 Å². The third kappa shape index (κ3) is 3.91. The Labute approximate surface area is 128 Å². The lowest BCUT2D eigenvalue weighted by Gasteiger charge is -2.18. The second kappa shape index (κ2) is 7.22. The molecule has 1 atom stereocenters. The molecule has 3 heteroatoms. The lowest BCUT2D eigenvalue weighted by molar-refractivity contribution is 0.514. The number of hydrogen-bond acceptors (Lipinski definition) is 2. The summed E-state index contributed by atoms with van der Waals surface area (Å²) in [7, 11) is 0. The zero-order valence-electron chi connectivity index (χ0n) is 11.4. The van der Waals surface area contributed by atoms with Crippen LogP contribution in [0.5, 0.6) is 0 Å². The molecule has 1 nitrogen and oxygen atoms in total. The maximum absolute atomic E-state index is 3.65. The lowest BCUT2D eigenvalue weighted by Crippen LogP contribution is -2.21. The van der Waals surface area contributed by atoms with Gasteiger partial charge < -0.3 is 5.32 Å². The highest BCUT2D eigenvalue weighted by Crippen LogP contribution is 2.30. The van der Waals surface area contributed by atoms with Crippen LogP contribution in [-0.4, -0.2) is 6.54 Å². The van der Waals surface area contributed by atoms with Gasteiger partial charge in [-0.3, -0.25) is 0 Å². The fourth-order valence-corrected chi connectivity index (χ4v) is 3.97. The minimum Gasteiger partial charge on any atom is -0.310 e.